The summed E-state index contributed by atoms with van der Waals surface area (Å²) >= 11 is 3.51. The molecule has 6 heteroatoms. The second-order valence-electron chi connectivity index (χ2n) is 7.62. The highest BCUT2D eigenvalue weighted by Gasteiger charge is 2.14. The van der Waals surface area contributed by atoms with Crippen molar-refractivity contribution in [2.24, 2.45) is 10.2 Å². The number of para-hydroxylation sites is 1. The molecular weight excluding hydrogens is 488 g/mol. The number of hydrogen-bond donors (Lipinski definition) is 1. The molecule has 0 aliphatic carbocycles. The minimum atomic E-state index is -0.200. The number of fused-ring (bicyclic) bond motifs is 1. The number of aromatic nitrogens is 1. The van der Waals surface area contributed by atoms with Crippen LogP contribution in [-0.4, -0.2) is 10.9 Å². The van der Waals surface area contributed by atoms with E-state index in [-0.39, 0.29) is 5.91 Å². The third-order valence-electron chi connectivity index (χ3n) is 5.24. The number of azo groups is 1. The van der Waals surface area contributed by atoms with E-state index in [1.54, 1.807) is 0 Å². The highest BCUT2D eigenvalue weighted by Crippen LogP contribution is 2.28. The van der Waals surface area contributed by atoms with Crippen LogP contribution in [0, 0.1) is 0 Å². The van der Waals surface area contributed by atoms with Crippen molar-refractivity contribution in [3.8, 4) is 11.3 Å². The minimum Gasteiger partial charge on any atom is -0.322 e. The van der Waals surface area contributed by atoms with Crippen LogP contribution >= 0.6 is 15.9 Å². The highest BCUT2D eigenvalue weighted by molar-refractivity contribution is 9.10. The Hall–Kier alpha value is -4.16. The fraction of sp³-hybridized carbons (Fsp3) is 0. The van der Waals surface area contributed by atoms with Crippen molar-refractivity contribution in [1.29, 1.82) is 0 Å². The molecule has 0 fully saturated rings. The molecule has 0 saturated carbocycles. The van der Waals surface area contributed by atoms with Gasteiger partial charge in [-0.2, -0.15) is 10.2 Å². The van der Waals surface area contributed by atoms with Gasteiger partial charge < -0.3 is 5.32 Å². The zero-order chi connectivity index (χ0) is 23.3. The van der Waals surface area contributed by atoms with E-state index >= 15 is 0 Å². The van der Waals surface area contributed by atoms with Gasteiger partial charge in [-0.15, -0.1) is 0 Å². The lowest BCUT2D eigenvalue weighted by atomic mass is 10.0. The Morgan fingerprint density at radius 1 is 0.735 bits per heavy atom. The minimum absolute atomic E-state index is 0.200. The van der Waals surface area contributed by atoms with Gasteiger partial charge in [0.1, 0.15) is 0 Å². The molecule has 0 saturated heterocycles. The Labute approximate surface area is 205 Å². The van der Waals surface area contributed by atoms with Gasteiger partial charge in [-0.05, 0) is 60.7 Å². The van der Waals surface area contributed by atoms with Gasteiger partial charge in [-0.3, -0.25) is 4.79 Å². The average molecular weight is 507 g/mol. The normalized spacial score (nSPS) is 11.1. The first kappa shape index (κ1) is 21.7. The summed E-state index contributed by atoms with van der Waals surface area (Å²) < 4.78 is 0.954. The molecule has 0 aliphatic rings. The number of nitrogens with zero attached hydrogens (tertiary/aromatic N) is 3. The summed E-state index contributed by atoms with van der Waals surface area (Å²) in [6, 6.07) is 34.2. The number of amides is 1. The van der Waals surface area contributed by atoms with Crippen LogP contribution in [0.1, 0.15) is 10.4 Å². The molecule has 5 nitrogen and oxygen atoms in total. The van der Waals surface area contributed by atoms with Crippen molar-refractivity contribution in [1.82, 2.24) is 4.98 Å². The van der Waals surface area contributed by atoms with Crippen LogP contribution in [0.2, 0.25) is 0 Å². The molecule has 164 valence electrons. The summed E-state index contributed by atoms with van der Waals surface area (Å²) in [7, 11) is 0. The molecule has 0 bridgehead atoms. The van der Waals surface area contributed by atoms with E-state index in [0.29, 0.717) is 16.9 Å². The summed E-state index contributed by atoms with van der Waals surface area (Å²) in [6.45, 7) is 0. The molecule has 1 amide bonds. The predicted octanol–water partition coefficient (Wildman–Crippen LogP) is 8.33. The maximum atomic E-state index is 13.3. The van der Waals surface area contributed by atoms with Crippen LogP contribution in [-0.2, 0) is 0 Å². The number of halogens is 1. The number of rotatable bonds is 5. The number of anilines is 1. The predicted molar refractivity (Wildman–Crippen MR) is 140 cm³/mol. The smallest absolute Gasteiger partial charge is 0.256 e. The maximum absolute atomic E-state index is 13.3. The Kier molecular flexibility index (Phi) is 6.23. The summed E-state index contributed by atoms with van der Waals surface area (Å²) in [5.41, 5.74) is 5.16. The van der Waals surface area contributed by atoms with Gasteiger partial charge >= 0.3 is 0 Å². The molecule has 4 aromatic carbocycles. The lowest BCUT2D eigenvalue weighted by Crippen LogP contribution is -2.13. The van der Waals surface area contributed by atoms with Crippen LogP contribution in [0.25, 0.3) is 22.2 Å². The maximum Gasteiger partial charge on any atom is 0.256 e. The quantitative estimate of drug-likeness (QED) is 0.243. The van der Waals surface area contributed by atoms with Gasteiger partial charge in [0.05, 0.1) is 28.1 Å². The van der Waals surface area contributed by atoms with E-state index in [9.17, 15) is 4.79 Å². The van der Waals surface area contributed by atoms with Crippen molar-refractivity contribution in [3.63, 3.8) is 0 Å². The van der Waals surface area contributed by atoms with E-state index in [2.05, 4.69) is 31.5 Å². The number of nitrogens with one attached hydrogen (secondary N) is 1. The van der Waals surface area contributed by atoms with Crippen molar-refractivity contribution < 1.29 is 4.79 Å². The van der Waals surface area contributed by atoms with E-state index in [0.717, 1.165) is 32.3 Å². The van der Waals surface area contributed by atoms with Crippen molar-refractivity contribution in [3.05, 3.63) is 119 Å². The SMILES string of the molecule is O=C(Nc1ccc(N=Nc2ccccc2)cc1)c1cc(-c2cccc(Br)c2)nc2ccccc12. The molecule has 1 aromatic heterocycles. The van der Waals surface area contributed by atoms with Gasteiger partial charge in [0.2, 0.25) is 0 Å². The highest BCUT2D eigenvalue weighted by atomic mass is 79.9. The summed E-state index contributed by atoms with van der Waals surface area (Å²) in [4.78, 5) is 18.1. The first-order valence-corrected chi connectivity index (χ1v) is 11.5. The van der Waals surface area contributed by atoms with Gasteiger partial charge in [0, 0.05) is 21.1 Å². The Bertz CT molecular complexity index is 1500. The zero-order valence-corrected chi connectivity index (χ0v) is 19.6. The number of hydrogen-bond acceptors (Lipinski definition) is 4. The third kappa shape index (κ3) is 4.92. The molecule has 0 spiro atoms. The molecule has 5 aromatic rings. The van der Waals surface area contributed by atoms with Crippen LogP contribution in [0.3, 0.4) is 0 Å². The lowest BCUT2D eigenvalue weighted by Gasteiger charge is -2.11. The van der Waals surface area contributed by atoms with Gasteiger partial charge in [-0.1, -0.05) is 64.5 Å². The lowest BCUT2D eigenvalue weighted by molar-refractivity contribution is 0.102. The van der Waals surface area contributed by atoms with Crippen molar-refractivity contribution >= 4 is 49.8 Å². The van der Waals surface area contributed by atoms with Crippen LogP contribution in [0.5, 0.6) is 0 Å². The van der Waals surface area contributed by atoms with E-state index < -0.39 is 0 Å². The largest absolute Gasteiger partial charge is 0.322 e. The molecule has 0 unspecified atom stereocenters. The first-order valence-electron chi connectivity index (χ1n) is 10.7. The zero-order valence-electron chi connectivity index (χ0n) is 18.0. The fourth-order valence-electron chi connectivity index (χ4n) is 3.58. The first-order chi connectivity index (χ1) is 16.7. The van der Waals surface area contributed by atoms with E-state index in [4.69, 9.17) is 4.98 Å². The Balaban J connectivity index is 1.41. The molecule has 5 rings (SSSR count). The van der Waals surface area contributed by atoms with Crippen LogP contribution < -0.4 is 5.32 Å². The Morgan fingerprint density at radius 3 is 2.21 bits per heavy atom. The number of carbonyl (C=O) groups excluding carboxylic acids is 1. The standard InChI is InChI=1S/C28H19BrN4O/c29-20-8-6-7-19(17-20)27-18-25(24-11-4-5-12-26(24)31-27)28(34)30-21-13-15-23(16-14-21)33-32-22-9-2-1-3-10-22/h1-18H,(H,30,34). The van der Waals surface area contributed by atoms with Gasteiger partial charge in [0.15, 0.2) is 0 Å². The molecule has 0 radical (unpaired) electrons. The van der Waals surface area contributed by atoms with Crippen LogP contribution in [0.4, 0.5) is 17.1 Å². The second kappa shape index (κ2) is 9.77. The molecular formula is C28H19BrN4O. The second-order valence-corrected chi connectivity index (χ2v) is 8.53. The monoisotopic (exact) mass is 506 g/mol. The van der Waals surface area contributed by atoms with E-state index in [1.165, 1.54) is 0 Å². The third-order valence-corrected chi connectivity index (χ3v) is 5.74. The topological polar surface area (TPSA) is 66.7 Å². The molecule has 1 N–H and O–H groups in total. The number of carbonyl (C=O) groups is 1. The van der Waals surface area contributed by atoms with Crippen molar-refractivity contribution in [2.45, 2.75) is 0 Å². The van der Waals surface area contributed by atoms with Crippen molar-refractivity contribution in [2.75, 3.05) is 5.32 Å². The van der Waals surface area contributed by atoms with Gasteiger partial charge in [-0.25, -0.2) is 4.98 Å². The molecule has 0 atom stereocenters. The summed E-state index contributed by atoms with van der Waals surface area (Å²) in [5.74, 6) is -0.200. The molecule has 1 heterocycles. The summed E-state index contributed by atoms with van der Waals surface area (Å²) in [6.07, 6.45) is 0. The average Bonchev–Trinajstić information content (AvgIpc) is 2.88. The molecule has 0 aliphatic heterocycles. The van der Waals surface area contributed by atoms with E-state index in [1.807, 2.05) is 109 Å². The number of benzene rings is 4. The molecule has 34 heavy (non-hydrogen) atoms. The summed E-state index contributed by atoms with van der Waals surface area (Å²) in [5, 5.41) is 12.3. The van der Waals surface area contributed by atoms with Crippen LogP contribution in [0.15, 0.2) is 124 Å². The Morgan fingerprint density at radius 2 is 1.44 bits per heavy atom. The number of pyridine rings is 1. The van der Waals surface area contributed by atoms with Gasteiger partial charge in [0.25, 0.3) is 5.91 Å². The fourth-order valence-corrected chi connectivity index (χ4v) is 3.98.